The van der Waals surface area contributed by atoms with Crippen LogP contribution in [0.1, 0.15) is 16.7 Å². The van der Waals surface area contributed by atoms with Gasteiger partial charge in [-0.25, -0.2) is 0 Å². The molecule has 1 rings (SSSR count). The van der Waals surface area contributed by atoms with Gasteiger partial charge in [0.1, 0.15) is 0 Å². The highest BCUT2D eigenvalue weighted by atomic mass is 14.6. The van der Waals surface area contributed by atoms with Gasteiger partial charge in [0.25, 0.3) is 0 Å². The Labute approximate surface area is 77.9 Å². The Hall–Kier alpha value is -1.88. The predicted octanol–water partition coefficient (Wildman–Crippen LogP) is 2.43. The van der Waals surface area contributed by atoms with Gasteiger partial charge < -0.3 is 0 Å². The average molecular weight is 170 g/mol. The minimum atomic E-state index is 0.357. The molecular weight excluding hydrogens is 160 g/mol. The number of nitrogens with zero attached hydrogens (tertiary/aromatic N) is 2. The van der Waals surface area contributed by atoms with Gasteiger partial charge in [-0.05, 0) is 16.7 Å². The van der Waals surface area contributed by atoms with E-state index in [1.807, 2.05) is 0 Å². The monoisotopic (exact) mass is 170 g/mol. The molecule has 1 aromatic rings. The van der Waals surface area contributed by atoms with Crippen molar-refractivity contribution in [1.29, 1.82) is 5.26 Å². The fraction of sp³-hybridized carbons (Fsp3) is 0.0909. The smallest absolute Gasteiger partial charge is 0.0670 e. The lowest BCUT2D eigenvalue weighted by Gasteiger charge is -2.04. The summed E-state index contributed by atoms with van der Waals surface area (Å²) in [7, 11) is 0. The molecule has 0 aliphatic carbocycles. The molecule has 2 nitrogen and oxygen atoms in total. The highest BCUT2D eigenvalue weighted by Crippen LogP contribution is 2.16. The van der Waals surface area contributed by atoms with Crippen LogP contribution in [0.25, 0.3) is 12.2 Å². The molecule has 0 bridgehead atoms. The second-order valence-corrected chi connectivity index (χ2v) is 2.54. The standard InChI is InChI=1S/C11H10N2/c1-3-9-7-13-8-10(5-6-12)11(9)4-2/h3-4,7-8H,1-2,5H2. The summed E-state index contributed by atoms with van der Waals surface area (Å²) < 4.78 is 0. The van der Waals surface area contributed by atoms with E-state index in [1.54, 1.807) is 24.5 Å². The Balaban J connectivity index is 3.28. The lowest BCUT2D eigenvalue weighted by Crippen LogP contribution is -1.92. The maximum atomic E-state index is 8.57. The van der Waals surface area contributed by atoms with Crippen molar-refractivity contribution >= 4 is 12.2 Å². The van der Waals surface area contributed by atoms with Crippen LogP contribution in [0.2, 0.25) is 0 Å². The molecule has 0 spiro atoms. The van der Waals surface area contributed by atoms with Gasteiger partial charge in [-0.1, -0.05) is 25.3 Å². The summed E-state index contributed by atoms with van der Waals surface area (Å²) in [5, 5.41) is 8.57. The SMILES string of the molecule is C=Cc1cncc(CC#N)c1C=C. The fourth-order valence-corrected chi connectivity index (χ4v) is 1.17. The Bertz CT molecular complexity index is 372. The van der Waals surface area contributed by atoms with Crippen LogP contribution < -0.4 is 0 Å². The summed E-state index contributed by atoms with van der Waals surface area (Å²) in [4.78, 5) is 4.01. The maximum Gasteiger partial charge on any atom is 0.0670 e. The molecule has 0 unspecified atom stereocenters. The first kappa shape index (κ1) is 9.21. The summed E-state index contributed by atoms with van der Waals surface area (Å²) in [6.07, 6.45) is 7.20. The van der Waals surface area contributed by atoms with Crippen LogP contribution in [-0.4, -0.2) is 4.98 Å². The molecule has 0 amide bonds. The lowest BCUT2D eigenvalue weighted by atomic mass is 10.0. The zero-order valence-corrected chi connectivity index (χ0v) is 7.33. The first-order valence-corrected chi connectivity index (χ1v) is 3.92. The van der Waals surface area contributed by atoms with E-state index >= 15 is 0 Å². The van der Waals surface area contributed by atoms with Crippen molar-refractivity contribution in [3.05, 3.63) is 42.2 Å². The molecule has 0 saturated heterocycles. The second kappa shape index (κ2) is 4.22. The number of rotatable bonds is 3. The molecule has 0 N–H and O–H groups in total. The minimum Gasteiger partial charge on any atom is -0.264 e. The molecule has 13 heavy (non-hydrogen) atoms. The lowest BCUT2D eigenvalue weighted by molar-refractivity contribution is 1.17. The van der Waals surface area contributed by atoms with Crippen LogP contribution in [0.3, 0.4) is 0 Å². The van der Waals surface area contributed by atoms with Gasteiger partial charge in [-0.3, -0.25) is 4.98 Å². The van der Waals surface area contributed by atoms with Crippen molar-refractivity contribution in [2.45, 2.75) is 6.42 Å². The van der Waals surface area contributed by atoms with Gasteiger partial charge >= 0.3 is 0 Å². The summed E-state index contributed by atoms with van der Waals surface area (Å²) in [5.74, 6) is 0. The van der Waals surface area contributed by atoms with E-state index in [9.17, 15) is 0 Å². The Morgan fingerprint density at radius 3 is 2.69 bits per heavy atom. The number of aromatic nitrogens is 1. The van der Waals surface area contributed by atoms with Gasteiger partial charge in [0, 0.05) is 12.4 Å². The molecule has 0 radical (unpaired) electrons. The Morgan fingerprint density at radius 1 is 1.38 bits per heavy atom. The van der Waals surface area contributed by atoms with Crippen LogP contribution in [-0.2, 0) is 6.42 Å². The number of hydrogen-bond acceptors (Lipinski definition) is 2. The number of pyridine rings is 1. The van der Waals surface area contributed by atoms with E-state index < -0.39 is 0 Å². The van der Waals surface area contributed by atoms with Gasteiger partial charge in [-0.2, -0.15) is 5.26 Å². The zero-order valence-electron chi connectivity index (χ0n) is 7.33. The molecular formula is C11H10N2. The molecule has 0 atom stereocenters. The van der Waals surface area contributed by atoms with Gasteiger partial charge in [0.05, 0.1) is 12.5 Å². The number of nitriles is 1. The summed E-state index contributed by atoms with van der Waals surface area (Å²) in [5.41, 5.74) is 2.77. The molecule has 1 heterocycles. The van der Waals surface area contributed by atoms with Crippen molar-refractivity contribution in [2.75, 3.05) is 0 Å². The van der Waals surface area contributed by atoms with Crippen molar-refractivity contribution in [3.8, 4) is 6.07 Å². The predicted molar refractivity (Wildman–Crippen MR) is 53.7 cm³/mol. The third-order valence-corrected chi connectivity index (χ3v) is 1.79. The molecule has 0 aliphatic heterocycles. The van der Waals surface area contributed by atoms with Crippen molar-refractivity contribution in [2.24, 2.45) is 0 Å². The third-order valence-electron chi connectivity index (χ3n) is 1.79. The van der Waals surface area contributed by atoms with Crippen LogP contribution in [0.4, 0.5) is 0 Å². The van der Waals surface area contributed by atoms with Gasteiger partial charge in [0.2, 0.25) is 0 Å². The molecule has 0 saturated carbocycles. The van der Waals surface area contributed by atoms with Gasteiger partial charge in [-0.15, -0.1) is 0 Å². The van der Waals surface area contributed by atoms with E-state index in [0.29, 0.717) is 6.42 Å². The average Bonchev–Trinajstić information content (AvgIpc) is 2.18. The third kappa shape index (κ3) is 1.83. The zero-order chi connectivity index (χ0) is 9.68. The normalized spacial score (nSPS) is 8.85. The highest BCUT2D eigenvalue weighted by Gasteiger charge is 2.02. The van der Waals surface area contributed by atoms with Crippen molar-refractivity contribution in [3.63, 3.8) is 0 Å². The van der Waals surface area contributed by atoms with E-state index in [4.69, 9.17) is 5.26 Å². The van der Waals surface area contributed by atoms with E-state index in [1.165, 1.54) is 0 Å². The first-order chi connectivity index (χ1) is 6.33. The van der Waals surface area contributed by atoms with Crippen LogP contribution >= 0.6 is 0 Å². The molecule has 64 valence electrons. The summed E-state index contributed by atoms with van der Waals surface area (Å²) in [6.45, 7) is 7.37. The van der Waals surface area contributed by atoms with E-state index in [2.05, 4.69) is 24.2 Å². The van der Waals surface area contributed by atoms with E-state index in [0.717, 1.165) is 16.7 Å². The second-order valence-electron chi connectivity index (χ2n) is 2.54. The molecule has 1 aromatic heterocycles. The van der Waals surface area contributed by atoms with Crippen molar-refractivity contribution < 1.29 is 0 Å². The van der Waals surface area contributed by atoms with Crippen molar-refractivity contribution in [1.82, 2.24) is 4.98 Å². The Kier molecular flexibility index (Phi) is 2.99. The summed E-state index contributed by atoms with van der Waals surface area (Å²) in [6, 6.07) is 2.09. The van der Waals surface area contributed by atoms with Crippen LogP contribution in [0.15, 0.2) is 25.6 Å². The van der Waals surface area contributed by atoms with E-state index in [-0.39, 0.29) is 0 Å². The van der Waals surface area contributed by atoms with Crippen LogP contribution in [0, 0.1) is 11.3 Å². The quantitative estimate of drug-likeness (QED) is 0.698. The fourth-order valence-electron chi connectivity index (χ4n) is 1.17. The topological polar surface area (TPSA) is 36.7 Å². The molecule has 0 aliphatic rings. The van der Waals surface area contributed by atoms with Gasteiger partial charge in [0.15, 0.2) is 0 Å². The molecule has 0 fully saturated rings. The molecule has 0 aromatic carbocycles. The first-order valence-electron chi connectivity index (χ1n) is 3.92. The highest BCUT2D eigenvalue weighted by molar-refractivity contribution is 5.65. The largest absolute Gasteiger partial charge is 0.264 e. The minimum absolute atomic E-state index is 0.357. The maximum absolute atomic E-state index is 8.57. The molecule has 2 heteroatoms. The number of hydrogen-bond donors (Lipinski definition) is 0. The Morgan fingerprint density at radius 2 is 2.15 bits per heavy atom. The summed E-state index contributed by atoms with van der Waals surface area (Å²) >= 11 is 0. The van der Waals surface area contributed by atoms with Crippen LogP contribution in [0.5, 0.6) is 0 Å².